The molecule has 0 radical (unpaired) electrons. The number of rotatable bonds is 4. The summed E-state index contributed by atoms with van der Waals surface area (Å²) in [5.41, 5.74) is 1.93. The maximum atomic E-state index is 11.9. The number of hydrogen-bond acceptors (Lipinski definition) is 1. The van der Waals surface area contributed by atoms with Crippen molar-refractivity contribution in [2.75, 3.05) is 11.9 Å². The lowest BCUT2D eigenvalue weighted by Gasteiger charge is -2.09. The van der Waals surface area contributed by atoms with E-state index in [0.29, 0.717) is 6.54 Å². The molecule has 0 aliphatic carbocycles. The van der Waals surface area contributed by atoms with E-state index in [2.05, 4.69) is 21.2 Å². The Kier molecular flexibility index (Phi) is 4.65. The highest BCUT2D eigenvalue weighted by atomic mass is 79.9. The smallest absolute Gasteiger partial charge is 0.385 e. The highest BCUT2D eigenvalue weighted by Crippen LogP contribution is 2.22. The molecule has 0 atom stereocenters. The second-order valence-corrected chi connectivity index (χ2v) is 4.46. The molecule has 0 saturated heterocycles. The summed E-state index contributed by atoms with van der Waals surface area (Å²) in [4.78, 5) is 0. The van der Waals surface area contributed by atoms with E-state index >= 15 is 0 Å². The van der Waals surface area contributed by atoms with E-state index in [4.69, 9.17) is 0 Å². The van der Waals surface area contributed by atoms with Gasteiger partial charge in [-0.3, -0.25) is 0 Å². The summed E-state index contributed by atoms with van der Waals surface area (Å²) in [5.74, 6) is 0. The Labute approximate surface area is 101 Å². The molecule has 1 nitrogen and oxygen atoms in total. The van der Waals surface area contributed by atoms with Crippen LogP contribution in [0.3, 0.4) is 0 Å². The van der Waals surface area contributed by atoms with Gasteiger partial charge >= 0.3 is 6.18 Å². The summed E-state index contributed by atoms with van der Waals surface area (Å²) in [6, 6.07) is 5.63. The molecule has 0 aromatic heterocycles. The van der Waals surface area contributed by atoms with Gasteiger partial charge in [-0.05, 0) is 31.0 Å². The zero-order valence-corrected chi connectivity index (χ0v) is 10.5. The normalized spacial score (nSPS) is 11.6. The van der Waals surface area contributed by atoms with Gasteiger partial charge in [-0.2, -0.15) is 13.2 Å². The molecular weight excluding hydrogens is 283 g/mol. The topological polar surface area (TPSA) is 12.0 Å². The quantitative estimate of drug-likeness (QED) is 0.806. The van der Waals surface area contributed by atoms with Gasteiger partial charge in [0.1, 0.15) is 0 Å². The molecule has 1 aromatic carbocycles. The molecule has 0 fully saturated rings. The van der Waals surface area contributed by atoms with E-state index in [9.17, 15) is 13.2 Å². The first-order chi connectivity index (χ1) is 7.38. The number of anilines is 1. The zero-order chi connectivity index (χ0) is 12.2. The minimum Gasteiger partial charge on any atom is -0.385 e. The summed E-state index contributed by atoms with van der Waals surface area (Å²) >= 11 is 3.37. The molecule has 0 unspecified atom stereocenters. The third-order valence-corrected chi connectivity index (χ3v) is 2.99. The van der Waals surface area contributed by atoms with Gasteiger partial charge in [0.2, 0.25) is 0 Å². The van der Waals surface area contributed by atoms with Crippen LogP contribution >= 0.6 is 15.9 Å². The van der Waals surface area contributed by atoms with Crippen molar-refractivity contribution >= 4 is 21.6 Å². The van der Waals surface area contributed by atoms with E-state index in [1.54, 1.807) is 0 Å². The lowest BCUT2D eigenvalue weighted by molar-refractivity contribution is -0.134. The first-order valence-corrected chi connectivity index (χ1v) is 5.74. The predicted molar refractivity (Wildman–Crippen MR) is 62.7 cm³/mol. The van der Waals surface area contributed by atoms with Crippen molar-refractivity contribution in [3.05, 3.63) is 28.2 Å². The molecule has 0 bridgehead atoms. The Bertz CT molecular complexity index is 350. The fourth-order valence-corrected chi connectivity index (χ4v) is 1.60. The molecule has 90 valence electrons. The van der Waals surface area contributed by atoms with Crippen LogP contribution in [0, 0.1) is 6.92 Å². The van der Waals surface area contributed by atoms with Crippen LogP contribution in [-0.2, 0) is 0 Å². The molecule has 1 rings (SSSR count). The van der Waals surface area contributed by atoms with E-state index in [0.717, 1.165) is 15.7 Å². The molecule has 1 aromatic rings. The maximum Gasteiger partial charge on any atom is 0.389 e. The largest absolute Gasteiger partial charge is 0.389 e. The van der Waals surface area contributed by atoms with E-state index < -0.39 is 12.6 Å². The Morgan fingerprint density at radius 2 is 2.00 bits per heavy atom. The van der Waals surface area contributed by atoms with Crippen molar-refractivity contribution in [2.24, 2.45) is 0 Å². The summed E-state index contributed by atoms with van der Waals surface area (Å²) in [7, 11) is 0. The number of benzene rings is 1. The van der Waals surface area contributed by atoms with Crippen molar-refractivity contribution in [3.63, 3.8) is 0 Å². The SMILES string of the molecule is Cc1ccc(NCCCC(F)(F)F)cc1Br. The number of hydrogen-bond donors (Lipinski definition) is 1. The number of halogens is 4. The monoisotopic (exact) mass is 295 g/mol. The van der Waals surface area contributed by atoms with Crippen LogP contribution in [0.5, 0.6) is 0 Å². The van der Waals surface area contributed by atoms with Gasteiger partial charge in [-0.25, -0.2) is 0 Å². The summed E-state index contributed by atoms with van der Waals surface area (Å²) in [6.45, 7) is 2.28. The van der Waals surface area contributed by atoms with Crippen molar-refractivity contribution in [2.45, 2.75) is 25.9 Å². The highest BCUT2D eigenvalue weighted by Gasteiger charge is 2.25. The zero-order valence-electron chi connectivity index (χ0n) is 8.87. The Balaban J connectivity index is 2.35. The van der Waals surface area contributed by atoms with Crippen LogP contribution < -0.4 is 5.32 Å². The van der Waals surface area contributed by atoms with Crippen molar-refractivity contribution in [3.8, 4) is 0 Å². The molecule has 0 aliphatic heterocycles. The first-order valence-electron chi connectivity index (χ1n) is 4.95. The van der Waals surface area contributed by atoms with Crippen LogP contribution in [0.2, 0.25) is 0 Å². The summed E-state index contributed by atoms with van der Waals surface area (Å²) in [5, 5.41) is 2.96. The lowest BCUT2D eigenvalue weighted by Crippen LogP contribution is -2.10. The van der Waals surface area contributed by atoms with Gasteiger partial charge in [0.25, 0.3) is 0 Å². The third kappa shape index (κ3) is 4.88. The molecule has 0 amide bonds. The van der Waals surface area contributed by atoms with Gasteiger partial charge in [-0.15, -0.1) is 0 Å². The van der Waals surface area contributed by atoms with Gasteiger partial charge < -0.3 is 5.32 Å². The third-order valence-electron chi connectivity index (χ3n) is 2.14. The Morgan fingerprint density at radius 3 is 2.56 bits per heavy atom. The van der Waals surface area contributed by atoms with Gasteiger partial charge in [0, 0.05) is 23.1 Å². The van der Waals surface area contributed by atoms with Crippen LogP contribution in [0.4, 0.5) is 18.9 Å². The molecule has 0 saturated carbocycles. The highest BCUT2D eigenvalue weighted by molar-refractivity contribution is 9.10. The average molecular weight is 296 g/mol. The second-order valence-electron chi connectivity index (χ2n) is 3.61. The summed E-state index contributed by atoms with van der Waals surface area (Å²) < 4.78 is 36.5. The molecule has 0 spiro atoms. The van der Waals surface area contributed by atoms with E-state index in [-0.39, 0.29) is 6.42 Å². The minimum atomic E-state index is -4.06. The number of aryl methyl sites for hydroxylation is 1. The van der Waals surface area contributed by atoms with Crippen molar-refractivity contribution < 1.29 is 13.2 Å². The molecule has 0 heterocycles. The van der Waals surface area contributed by atoms with E-state index in [1.165, 1.54) is 0 Å². The molecule has 5 heteroatoms. The van der Waals surface area contributed by atoms with Gasteiger partial charge in [-0.1, -0.05) is 22.0 Å². The fourth-order valence-electron chi connectivity index (χ4n) is 1.22. The second kappa shape index (κ2) is 5.57. The molecular formula is C11H13BrF3N. The van der Waals surface area contributed by atoms with E-state index in [1.807, 2.05) is 25.1 Å². The maximum absolute atomic E-state index is 11.9. The van der Waals surface area contributed by atoms with Crippen LogP contribution in [0.15, 0.2) is 22.7 Å². The predicted octanol–water partition coefficient (Wildman–Crippen LogP) is 4.51. The lowest BCUT2D eigenvalue weighted by atomic mass is 10.2. The standard InChI is InChI=1S/C11H13BrF3N/c1-8-3-4-9(7-10(8)12)16-6-2-5-11(13,14)15/h3-4,7,16H,2,5-6H2,1H3. The molecule has 1 N–H and O–H groups in total. The van der Waals surface area contributed by atoms with Gasteiger partial charge in [0.15, 0.2) is 0 Å². The molecule has 0 aliphatic rings. The number of alkyl halides is 3. The van der Waals surface area contributed by atoms with Crippen molar-refractivity contribution in [1.29, 1.82) is 0 Å². The van der Waals surface area contributed by atoms with Crippen molar-refractivity contribution in [1.82, 2.24) is 0 Å². The Hall–Kier alpha value is -0.710. The van der Waals surface area contributed by atoms with Crippen LogP contribution in [-0.4, -0.2) is 12.7 Å². The molecule has 16 heavy (non-hydrogen) atoms. The minimum absolute atomic E-state index is 0.0923. The van der Waals surface area contributed by atoms with Gasteiger partial charge in [0.05, 0.1) is 0 Å². The van der Waals surface area contributed by atoms with Crippen LogP contribution in [0.25, 0.3) is 0 Å². The number of nitrogens with one attached hydrogen (secondary N) is 1. The average Bonchev–Trinajstić information content (AvgIpc) is 2.17. The van der Waals surface area contributed by atoms with Crippen LogP contribution in [0.1, 0.15) is 18.4 Å². The first kappa shape index (κ1) is 13.4. The Morgan fingerprint density at radius 1 is 1.31 bits per heavy atom. The summed E-state index contributed by atoms with van der Waals surface area (Å²) in [6.07, 6.45) is -4.71. The fraction of sp³-hybridized carbons (Fsp3) is 0.455.